The van der Waals surface area contributed by atoms with Gasteiger partial charge in [0.15, 0.2) is 11.5 Å². The average Bonchev–Trinajstić information content (AvgIpc) is 3.24. The van der Waals surface area contributed by atoms with E-state index in [4.69, 9.17) is 18.9 Å². The molecule has 0 spiro atoms. The molecule has 0 radical (unpaired) electrons. The van der Waals surface area contributed by atoms with Crippen molar-refractivity contribution in [2.75, 3.05) is 21.3 Å². The Bertz CT molecular complexity index is 1090. The Morgan fingerprint density at radius 2 is 1.78 bits per heavy atom. The molecule has 5 heteroatoms. The van der Waals surface area contributed by atoms with Crippen LogP contribution in [0.3, 0.4) is 0 Å². The van der Waals surface area contributed by atoms with E-state index < -0.39 is 0 Å². The van der Waals surface area contributed by atoms with Crippen LogP contribution in [0.2, 0.25) is 0 Å². The summed E-state index contributed by atoms with van der Waals surface area (Å²) in [4.78, 5) is 11.3. The first-order valence-electron chi connectivity index (χ1n) is 10.8. The highest BCUT2D eigenvalue weighted by atomic mass is 16.5. The molecule has 3 aromatic carbocycles. The quantitative estimate of drug-likeness (QED) is 0.437. The minimum Gasteiger partial charge on any atom is -0.493 e. The lowest BCUT2D eigenvalue weighted by molar-refractivity contribution is -0.140. The van der Waals surface area contributed by atoms with Gasteiger partial charge >= 0.3 is 5.97 Å². The van der Waals surface area contributed by atoms with Crippen LogP contribution >= 0.6 is 0 Å². The largest absolute Gasteiger partial charge is 0.493 e. The molecule has 0 bridgehead atoms. The van der Waals surface area contributed by atoms with E-state index in [9.17, 15) is 4.79 Å². The highest BCUT2D eigenvalue weighted by molar-refractivity contribution is 5.75. The van der Waals surface area contributed by atoms with Gasteiger partial charge in [0.05, 0.1) is 21.3 Å². The standard InChI is InChI=1S/C27H28O5/c1-29-25-6-4-5-23(27(25)31-3)20-10-14-22-19(17-20)11-15-24(22)32-21-12-7-18(8-13-21)9-16-26(28)30-2/h4-8,10,12-14,17,24H,9,11,15-16H2,1-3H3. The second-order valence-corrected chi connectivity index (χ2v) is 7.82. The molecule has 1 aliphatic carbocycles. The summed E-state index contributed by atoms with van der Waals surface area (Å²) in [5.74, 6) is 2.11. The summed E-state index contributed by atoms with van der Waals surface area (Å²) in [5.41, 5.74) is 5.74. The second-order valence-electron chi connectivity index (χ2n) is 7.82. The number of methoxy groups -OCH3 is 3. The van der Waals surface area contributed by atoms with Crippen LogP contribution in [0, 0.1) is 0 Å². The minimum atomic E-state index is -0.196. The SMILES string of the molecule is COC(=O)CCc1ccc(OC2CCc3cc(-c4cccc(OC)c4OC)ccc32)cc1. The lowest BCUT2D eigenvalue weighted by Crippen LogP contribution is -2.04. The summed E-state index contributed by atoms with van der Waals surface area (Å²) in [6.45, 7) is 0. The van der Waals surface area contributed by atoms with Crippen LogP contribution in [0.25, 0.3) is 11.1 Å². The molecule has 0 aromatic heterocycles. The Morgan fingerprint density at radius 3 is 2.50 bits per heavy atom. The summed E-state index contributed by atoms with van der Waals surface area (Å²) < 4.78 is 22.1. The van der Waals surface area contributed by atoms with Gasteiger partial charge in [-0.15, -0.1) is 0 Å². The first-order chi connectivity index (χ1) is 15.6. The van der Waals surface area contributed by atoms with Crippen LogP contribution in [-0.2, 0) is 22.4 Å². The van der Waals surface area contributed by atoms with Crippen LogP contribution in [0.15, 0.2) is 60.7 Å². The molecule has 0 saturated carbocycles. The highest BCUT2D eigenvalue weighted by Gasteiger charge is 2.25. The van der Waals surface area contributed by atoms with E-state index in [1.807, 2.05) is 42.5 Å². The van der Waals surface area contributed by atoms with Gasteiger partial charge in [0.25, 0.3) is 0 Å². The van der Waals surface area contributed by atoms with E-state index in [1.54, 1.807) is 14.2 Å². The molecule has 1 unspecified atom stereocenters. The Balaban J connectivity index is 1.48. The van der Waals surface area contributed by atoms with Crippen molar-refractivity contribution < 1.29 is 23.7 Å². The van der Waals surface area contributed by atoms with Gasteiger partial charge in [0.1, 0.15) is 11.9 Å². The van der Waals surface area contributed by atoms with Crippen molar-refractivity contribution in [3.8, 4) is 28.4 Å². The van der Waals surface area contributed by atoms with Gasteiger partial charge in [-0.25, -0.2) is 0 Å². The van der Waals surface area contributed by atoms with E-state index >= 15 is 0 Å². The number of esters is 1. The van der Waals surface area contributed by atoms with Crippen molar-refractivity contribution in [3.05, 3.63) is 77.4 Å². The maximum atomic E-state index is 11.3. The molecule has 5 nitrogen and oxygen atoms in total. The normalized spacial score (nSPS) is 14.5. The molecule has 0 heterocycles. The van der Waals surface area contributed by atoms with Crippen molar-refractivity contribution >= 4 is 5.97 Å². The van der Waals surface area contributed by atoms with E-state index in [0.717, 1.165) is 46.8 Å². The fraction of sp³-hybridized carbons (Fsp3) is 0.296. The number of carbonyl (C=O) groups is 1. The minimum absolute atomic E-state index is 0.0344. The first-order valence-corrected chi connectivity index (χ1v) is 10.8. The van der Waals surface area contributed by atoms with Gasteiger partial charge < -0.3 is 18.9 Å². The van der Waals surface area contributed by atoms with E-state index in [1.165, 1.54) is 18.2 Å². The second kappa shape index (κ2) is 9.77. The number of carbonyl (C=O) groups excluding carboxylic acids is 1. The lowest BCUT2D eigenvalue weighted by atomic mass is 9.99. The van der Waals surface area contributed by atoms with Gasteiger partial charge in [0.2, 0.25) is 0 Å². The molecule has 1 atom stereocenters. The molecule has 0 amide bonds. The Morgan fingerprint density at radius 1 is 0.969 bits per heavy atom. The van der Waals surface area contributed by atoms with Gasteiger partial charge in [0, 0.05) is 12.0 Å². The number of rotatable bonds is 8. The number of para-hydroxylation sites is 1. The summed E-state index contributed by atoms with van der Waals surface area (Å²) in [6, 6.07) is 20.4. The molecule has 32 heavy (non-hydrogen) atoms. The fourth-order valence-electron chi connectivity index (χ4n) is 4.23. The van der Waals surface area contributed by atoms with Crippen LogP contribution < -0.4 is 14.2 Å². The first kappa shape index (κ1) is 21.8. The van der Waals surface area contributed by atoms with Crippen LogP contribution in [-0.4, -0.2) is 27.3 Å². The monoisotopic (exact) mass is 432 g/mol. The third kappa shape index (κ3) is 4.57. The molecule has 4 rings (SSSR count). The fourth-order valence-corrected chi connectivity index (χ4v) is 4.23. The molecule has 0 fully saturated rings. The maximum absolute atomic E-state index is 11.3. The van der Waals surface area contributed by atoms with Crippen molar-refractivity contribution in [2.45, 2.75) is 31.8 Å². The summed E-state index contributed by atoms with van der Waals surface area (Å²) in [7, 11) is 4.73. The molecule has 0 N–H and O–H groups in total. The molecular formula is C27H28O5. The summed E-state index contributed by atoms with van der Waals surface area (Å²) >= 11 is 0. The smallest absolute Gasteiger partial charge is 0.305 e. The maximum Gasteiger partial charge on any atom is 0.305 e. The van der Waals surface area contributed by atoms with Crippen LogP contribution in [0.4, 0.5) is 0 Å². The van der Waals surface area contributed by atoms with Crippen molar-refractivity contribution in [1.82, 2.24) is 0 Å². The zero-order valence-electron chi connectivity index (χ0n) is 18.7. The number of hydrogen-bond acceptors (Lipinski definition) is 5. The van der Waals surface area contributed by atoms with Crippen LogP contribution in [0.1, 0.15) is 35.6 Å². The van der Waals surface area contributed by atoms with E-state index in [0.29, 0.717) is 12.8 Å². The molecule has 0 saturated heterocycles. The predicted octanol–water partition coefficient (Wildman–Crippen LogP) is 5.54. The lowest BCUT2D eigenvalue weighted by Gasteiger charge is -2.16. The highest BCUT2D eigenvalue weighted by Crippen LogP contribution is 2.41. The van der Waals surface area contributed by atoms with Crippen molar-refractivity contribution in [1.29, 1.82) is 0 Å². The third-order valence-electron chi connectivity index (χ3n) is 5.93. The van der Waals surface area contributed by atoms with Gasteiger partial charge in [-0.05, 0) is 59.7 Å². The summed E-state index contributed by atoms with van der Waals surface area (Å²) in [5, 5.41) is 0. The molecular weight excluding hydrogens is 404 g/mol. The zero-order valence-corrected chi connectivity index (χ0v) is 18.7. The molecule has 3 aromatic rings. The van der Waals surface area contributed by atoms with Crippen molar-refractivity contribution in [3.63, 3.8) is 0 Å². The van der Waals surface area contributed by atoms with E-state index in [2.05, 4.69) is 18.2 Å². The van der Waals surface area contributed by atoms with Crippen LogP contribution in [0.5, 0.6) is 17.2 Å². The molecule has 1 aliphatic rings. The average molecular weight is 433 g/mol. The van der Waals surface area contributed by atoms with Gasteiger partial charge in [-0.2, -0.15) is 0 Å². The number of hydrogen-bond donors (Lipinski definition) is 0. The number of fused-ring (bicyclic) bond motifs is 1. The Kier molecular flexibility index (Phi) is 6.64. The number of ether oxygens (including phenoxy) is 4. The number of benzene rings is 3. The topological polar surface area (TPSA) is 54.0 Å². The van der Waals surface area contributed by atoms with E-state index in [-0.39, 0.29) is 12.1 Å². The number of aryl methyl sites for hydroxylation is 2. The zero-order chi connectivity index (χ0) is 22.5. The Labute approximate surface area is 188 Å². The predicted molar refractivity (Wildman–Crippen MR) is 123 cm³/mol. The Hall–Kier alpha value is -3.47. The van der Waals surface area contributed by atoms with Crippen molar-refractivity contribution in [2.24, 2.45) is 0 Å². The van der Waals surface area contributed by atoms with Gasteiger partial charge in [-0.3, -0.25) is 4.79 Å². The van der Waals surface area contributed by atoms with Gasteiger partial charge in [-0.1, -0.05) is 42.5 Å². The third-order valence-corrected chi connectivity index (χ3v) is 5.93. The molecule has 166 valence electrons. The summed E-state index contributed by atoms with van der Waals surface area (Å²) in [6.07, 6.45) is 2.99. The molecule has 0 aliphatic heterocycles.